The molecule has 0 amide bonds. The maximum absolute atomic E-state index is 14.7. The Morgan fingerprint density at radius 2 is 1.19 bits per heavy atom. The average Bonchev–Trinajstić information content (AvgIpc) is 3.09. The van der Waals surface area contributed by atoms with Gasteiger partial charge in [-0.15, -0.1) is 0 Å². The molecule has 27 heavy (non-hydrogen) atoms. The number of halogens is 6. The molecule has 3 aromatic rings. The van der Waals surface area contributed by atoms with Gasteiger partial charge in [-0.25, -0.2) is 26.3 Å². The Labute approximate surface area is 150 Å². The third-order valence-electron chi connectivity index (χ3n) is 4.62. The van der Waals surface area contributed by atoms with E-state index in [1.54, 1.807) is 24.3 Å². The number of anilines is 1. The average molecular weight is 379 g/mol. The Bertz CT molecular complexity index is 1040. The SMILES string of the molecule is Fc1cccc(-c2c(F)c(F)c(F)c(F)c2N2Cc3ccccc3C2)c1F. The summed E-state index contributed by atoms with van der Waals surface area (Å²) in [7, 11) is 0. The lowest BCUT2D eigenvalue weighted by atomic mass is 10.00. The first kappa shape index (κ1) is 17.5. The van der Waals surface area contributed by atoms with Crippen molar-refractivity contribution >= 4 is 5.69 Å². The predicted octanol–water partition coefficient (Wildman–Crippen LogP) is 5.71. The lowest BCUT2D eigenvalue weighted by Gasteiger charge is -2.23. The van der Waals surface area contributed by atoms with Gasteiger partial charge in [0, 0.05) is 18.7 Å². The molecule has 0 bridgehead atoms. The van der Waals surface area contributed by atoms with Crippen molar-refractivity contribution in [3.8, 4) is 11.1 Å². The van der Waals surface area contributed by atoms with Crippen molar-refractivity contribution < 1.29 is 26.3 Å². The highest BCUT2D eigenvalue weighted by molar-refractivity contribution is 5.81. The summed E-state index contributed by atoms with van der Waals surface area (Å²) in [5, 5.41) is 0. The molecule has 0 saturated carbocycles. The van der Waals surface area contributed by atoms with E-state index in [0.717, 1.165) is 29.3 Å². The Morgan fingerprint density at radius 3 is 1.81 bits per heavy atom. The third kappa shape index (κ3) is 2.65. The largest absolute Gasteiger partial charge is 0.360 e. The van der Waals surface area contributed by atoms with E-state index in [-0.39, 0.29) is 13.1 Å². The normalized spacial score (nSPS) is 13.2. The monoisotopic (exact) mass is 379 g/mol. The summed E-state index contributed by atoms with van der Waals surface area (Å²) < 4.78 is 84.9. The maximum Gasteiger partial charge on any atom is 0.199 e. The summed E-state index contributed by atoms with van der Waals surface area (Å²) in [6.45, 7) is 0.170. The highest BCUT2D eigenvalue weighted by atomic mass is 19.2. The van der Waals surface area contributed by atoms with Gasteiger partial charge in [0.15, 0.2) is 34.9 Å². The fourth-order valence-corrected chi connectivity index (χ4v) is 3.35. The molecular formula is C20H11F6N. The van der Waals surface area contributed by atoms with E-state index >= 15 is 0 Å². The number of fused-ring (bicyclic) bond motifs is 1. The quantitative estimate of drug-likeness (QED) is 0.313. The van der Waals surface area contributed by atoms with Gasteiger partial charge in [0.1, 0.15) is 0 Å². The van der Waals surface area contributed by atoms with Crippen LogP contribution < -0.4 is 4.90 Å². The Kier molecular flexibility index (Phi) is 4.09. The summed E-state index contributed by atoms with van der Waals surface area (Å²) in [6, 6.07) is 9.86. The van der Waals surface area contributed by atoms with E-state index in [1.807, 2.05) is 0 Å². The standard InChI is InChI=1S/C20H11F6N/c21-13-7-3-6-12(15(13)22)14-16(23)17(24)18(25)19(26)20(14)27-8-10-4-1-2-5-11(10)9-27/h1-7H,8-9H2. The maximum atomic E-state index is 14.7. The summed E-state index contributed by atoms with van der Waals surface area (Å²) >= 11 is 0. The topological polar surface area (TPSA) is 3.24 Å². The van der Waals surface area contributed by atoms with E-state index in [2.05, 4.69) is 0 Å². The molecule has 0 N–H and O–H groups in total. The molecule has 1 aliphatic rings. The van der Waals surface area contributed by atoms with Gasteiger partial charge in [-0.05, 0) is 17.2 Å². The summed E-state index contributed by atoms with van der Waals surface area (Å²) in [5.41, 5.74) is -0.611. The Morgan fingerprint density at radius 1 is 0.593 bits per heavy atom. The fourth-order valence-electron chi connectivity index (χ4n) is 3.35. The summed E-state index contributed by atoms with van der Waals surface area (Å²) in [5.74, 6) is -10.3. The number of nitrogens with zero attached hydrogens (tertiary/aromatic N) is 1. The first-order chi connectivity index (χ1) is 12.9. The lowest BCUT2D eigenvalue weighted by Crippen LogP contribution is -2.20. The van der Waals surface area contributed by atoms with Crippen LogP contribution in [-0.4, -0.2) is 0 Å². The van der Waals surface area contributed by atoms with Crippen molar-refractivity contribution in [2.24, 2.45) is 0 Å². The smallest absolute Gasteiger partial charge is 0.199 e. The molecule has 0 aromatic heterocycles. The van der Waals surface area contributed by atoms with E-state index in [1.165, 1.54) is 4.90 Å². The molecule has 0 atom stereocenters. The molecule has 7 heteroatoms. The molecule has 0 spiro atoms. The zero-order valence-electron chi connectivity index (χ0n) is 13.7. The molecule has 0 saturated heterocycles. The minimum Gasteiger partial charge on any atom is -0.360 e. The van der Waals surface area contributed by atoms with Gasteiger partial charge in [-0.3, -0.25) is 0 Å². The molecular weight excluding hydrogens is 368 g/mol. The van der Waals surface area contributed by atoms with Crippen LogP contribution in [0.4, 0.5) is 32.0 Å². The zero-order chi connectivity index (χ0) is 19.3. The first-order valence-electron chi connectivity index (χ1n) is 8.02. The van der Waals surface area contributed by atoms with Crippen LogP contribution in [0, 0.1) is 34.9 Å². The van der Waals surface area contributed by atoms with Crippen LogP contribution >= 0.6 is 0 Å². The van der Waals surface area contributed by atoms with Crippen LogP contribution in [-0.2, 0) is 13.1 Å². The molecule has 0 aliphatic carbocycles. The van der Waals surface area contributed by atoms with E-state index in [4.69, 9.17) is 0 Å². The molecule has 1 aliphatic heterocycles. The van der Waals surface area contributed by atoms with Gasteiger partial charge in [-0.1, -0.05) is 36.4 Å². The second-order valence-corrected chi connectivity index (χ2v) is 6.21. The first-order valence-corrected chi connectivity index (χ1v) is 8.02. The lowest BCUT2D eigenvalue weighted by molar-refractivity contribution is 0.410. The molecule has 138 valence electrons. The minimum atomic E-state index is -2.08. The second-order valence-electron chi connectivity index (χ2n) is 6.21. The van der Waals surface area contributed by atoms with E-state index in [9.17, 15) is 26.3 Å². The van der Waals surface area contributed by atoms with Crippen LogP contribution in [0.25, 0.3) is 11.1 Å². The Hall–Kier alpha value is -2.96. The highest BCUT2D eigenvalue weighted by Crippen LogP contribution is 2.42. The van der Waals surface area contributed by atoms with Crippen molar-refractivity contribution in [3.63, 3.8) is 0 Å². The third-order valence-corrected chi connectivity index (χ3v) is 4.62. The number of rotatable bonds is 2. The van der Waals surface area contributed by atoms with Crippen LogP contribution in [0.1, 0.15) is 11.1 Å². The number of hydrogen-bond acceptors (Lipinski definition) is 1. The number of benzene rings is 3. The summed E-state index contributed by atoms with van der Waals surface area (Å²) in [6.07, 6.45) is 0. The van der Waals surface area contributed by atoms with Crippen LogP contribution in [0.15, 0.2) is 42.5 Å². The minimum absolute atomic E-state index is 0.0849. The Balaban J connectivity index is 1.98. The van der Waals surface area contributed by atoms with Crippen LogP contribution in [0.5, 0.6) is 0 Å². The van der Waals surface area contributed by atoms with Crippen LogP contribution in [0.2, 0.25) is 0 Å². The van der Waals surface area contributed by atoms with Gasteiger partial charge in [0.2, 0.25) is 0 Å². The highest BCUT2D eigenvalue weighted by Gasteiger charge is 2.33. The van der Waals surface area contributed by atoms with Crippen molar-refractivity contribution in [1.29, 1.82) is 0 Å². The number of hydrogen-bond donors (Lipinski definition) is 0. The van der Waals surface area contributed by atoms with Gasteiger partial charge in [0.25, 0.3) is 0 Å². The van der Waals surface area contributed by atoms with Gasteiger partial charge < -0.3 is 4.90 Å². The van der Waals surface area contributed by atoms with Gasteiger partial charge in [-0.2, -0.15) is 0 Å². The molecule has 4 rings (SSSR count). The molecule has 0 unspecified atom stereocenters. The molecule has 3 aromatic carbocycles. The van der Waals surface area contributed by atoms with E-state index < -0.39 is 51.7 Å². The zero-order valence-corrected chi connectivity index (χ0v) is 13.7. The van der Waals surface area contributed by atoms with Crippen molar-refractivity contribution in [1.82, 2.24) is 0 Å². The van der Waals surface area contributed by atoms with Crippen LogP contribution in [0.3, 0.4) is 0 Å². The summed E-state index contributed by atoms with van der Waals surface area (Å²) in [4.78, 5) is 1.27. The molecule has 1 nitrogen and oxygen atoms in total. The van der Waals surface area contributed by atoms with Crippen molar-refractivity contribution in [2.75, 3.05) is 4.90 Å². The molecule has 0 radical (unpaired) electrons. The van der Waals surface area contributed by atoms with Gasteiger partial charge >= 0.3 is 0 Å². The van der Waals surface area contributed by atoms with Crippen molar-refractivity contribution in [3.05, 3.63) is 88.5 Å². The fraction of sp³-hybridized carbons (Fsp3) is 0.100. The van der Waals surface area contributed by atoms with E-state index in [0.29, 0.717) is 0 Å². The van der Waals surface area contributed by atoms with Crippen molar-refractivity contribution in [2.45, 2.75) is 13.1 Å². The molecule has 1 heterocycles. The predicted molar refractivity (Wildman–Crippen MR) is 88.0 cm³/mol. The molecule has 0 fully saturated rings. The second kappa shape index (κ2) is 6.33. The van der Waals surface area contributed by atoms with Gasteiger partial charge in [0.05, 0.1) is 11.3 Å².